The summed E-state index contributed by atoms with van der Waals surface area (Å²) in [5, 5.41) is 2.65. The summed E-state index contributed by atoms with van der Waals surface area (Å²) >= 11 is 0. The number of imidazole rings is 1. The first-order chi connectivity index (χ1) is 12.5. The lowest BCUT2D eigenvalue weighted by Gasteiger charge is -2.34. The van der Waals surface area contributed by atoms with E-state index in [-0.39, 0.29) is 30.2 Å². The molecule has 2 aromatic heterocycles. The Morgan fingerprint density at radius 2 is 2.19 bits per heavy atom. The fourth-order valence-electron chi connectivity index (χ4n) is 3.56. The van der Waals surface area contributed by atoms with E-state index in [9.17, 15) is 14.4 Å². The quantitative estimate of drug-likeness (QED) is 0.813. The molecule has 0 unspecified atom stereocenters. The Balaban J connectivity index is 1.46. The molecule has 8 heteroatoms. The Labute approximate surface area is 150 Å². The number of ether oxygens (including phenoxy) is 1. The maximum atomic E-state index is 12.4. The van der Waals surface area contributed by atoms with Crippen molar-refractivity contribution in [1.82, 2.24) is 19.6 Å². The van der Waals surface area contributed by atoms with E-state index < -0.39 is 12.0 Å². The molecule has 0 aromatic carbocycles. The highest BCUT2D eigenvalue weighted by Gasteiger charge is 2.43. The van der Waals surface area contributed by atoms with Gasteiger partial charge >= 0.3 is 5.97 Å². The van der Waals surface area contributed by atoms with Crippen LogP contribution in [0, 0.1) is 13.8 Å². The van der Waals surface area contributed by atoms with Gasteiger partial charge in [-0.3, -0.25) is 9.59 Å². The summed E-state index contributed by atoms with van der Waals surface area (Å²) < 4.78 is 7.02. The van der Waals surface area contributed by atoms with E-state index in [0.29, 0.717) is 18.6 Å². The van der Waals surface area contributed by atoms with Crippen molar-refractivity contribution in [2.75, 3.05) is 13.2 Å². The summed E-state index contributed by atoms with van der Waals surface area (Å²) in [5.41, 5.74) is 2.94. The van der Waals surface area contributed by atoms with Crippen LogP contribution in [0.3, 0.4) is 0 Å². The van der Waals surface area contributed by atoms with Crippen LogP contribution in [-0.4, -0.2) is 57.3 Å². The van der Waals surface area contributed by atoms with Gasteiger partial charge in [-0.25, -0.2) is 9.78 Å². The van der Waals surface area contributed by atoms with Gasteiger partial charge in [-0.1, -0.05) is 0 Å². The average molecular weight is 356 g/mol. The molecule has 4 heterocycles. The summed E-state index contributed by atoms with van der Waals surface area (Å²) in [6, 6.07) is 0.739. The number of fused-ring (bicyclic) bond motifs is 2. The molecule has 0 radical (unpaired) electrons. The molecule has 0 spiro atoms. The number of aryl methyl sites for hydroxylation is 2. The molecule has 0 bridgehead atoms. The molecule has 2 amide bonds. The average Bonchev–Trinajstić information content (AvgIpc) is 3.27. The zero-order chi connectivity index (χ0) is 18.4. The minimum atomic E-state index is -0.832. The molecule has 8 nitrogen and oxygen atoms in total. The van der Waals surface area contributed by atoms with E-state index in [2.05, 4.69) is 10.3 Å². The zero-order valence-corrected chi connectivity index (χ0v) is 14.7. The number of carbonyl (C=O) groups is 3. The van der Waals surface area contributed by atoms with Crippen molar-refractivity contribution in [2.45, 2.75) is 38.8 Å². The minimum Gasteiger partial charge on any atom is -0.458 e. The molecule has 4 rings (SSSR count). The number of hydrogen-bond donors (Lipinski definition) is 1. The van der Waals surface area contributed by atoms with E-state index in [0.717, 1.165) is 17.5 Å². The van der Waals surface area contributed by atoms with Crippen LogP contribution < -0.4 is 5.32 Å². The maximum Gasteiger partial charge on any atom is 0.358 e. The molecular weight excluding hydrogens is 336 g/mol. The number of carbonyl (C=O) groups excluding carboxylic acids is 3. The number of nitrogens with zero attached hydrogens (tertiary/aromatic N) is 3. The minimum absolute atomic E-state index is 0.173. The van der Waals surface area contributed by atoms with Gasteiger partial charge in [-0.05, 0) is 43.9 Å². The standard InChI is InChI=1S/C18H20N4O4/c1-10-5-7-21-8-12(19-15(21)11(10)2)18(25)26-9-13-17(24)22-6-3-4-14(22)16(23)20-13/h5,7-8,13-14H,3-4,6,9H2,1-2H3,(H,20,23)/t13-,14-/m0/s1. The van der Waals surface area contributed by atoms with E-state index in [4.69, 9.17) is 4.74 Å². The molecule has 2 atom stereocenters. The number of esters is 1. The summed E-state index contributed by atoms with van der Waals surface area (Å²) in [5.74, 6) is -0.986. The Bertz CT molecular complexity index is 919. The molecule has 2 aliphatic heterocycles. The predicted molar refractivity (Wildman–Crippen MR) is 91.6 cm³/mol. The number of amides is 2. The molecule has 2 fully saturated rings. The van der Waals surface area contributed by atoms with Crippen molar-refractivity contribution in [1.29, 1.82) is 0 Å². The van der Waals surface area contributed by atoms with E-state index in [1.807, 2.05) is 26.1 Å². The lowest BCUT2D eigenvalue weighted by molar-refractivity contribution is -0.148. The van der Waals surface area contributed by atoms with Crippen molar-refractivity contribution >= 4 is 23.4 Å². The highest BCUT2D eigenvalue weighted by molar-refractivity contribution is 5.97. The van der Waals surface area contributed by atoms with Crippen molar-refractivity contribution < 1.29 is 19.1 Å². The predicted octanol–water partition coefficient (Wildman–Crippen LogP) is 0.597. The Morgan fingerprint density at radius 3 is 3.00 bits per heavy atom. The summed E-state index contributed by atoms with van der Waals surface area (Å²) in [7, 11) is 0. The van der Waals surface area contributed by atoms with Crippen molar-refractivity contribution in [3.05, 3.63) is 35.3 Å². The Kier molecular flexibility index (Phi) is 3.90. The Morgan fingerprint density at radius 1 is 1.38 bits per heavy atom. The van der Waals surface area contributed by atoms with Gasteiger partial charge in [0.15, 0.2) is 5.69 Å². The summed E-state index contributed by atoms with van der Waals surface area (Å²) in [6.07, 6.45) is 4.93. The second-order valence-corrected chi connectivity index (χ2v) is 6.83. The smallest absolute Gasteiger partial charge is 0.358 e. The van der Waals surface area contributed by atoms with Crippen LogP contribution in [0.15, 0.2) is 18.5 Å². The lowest BCUT2D eigenvalue weighted by Crippen LogP contribution is -2.62. The van der Waals surface area contributed by atoms with E-state index in [1.54, 1.807) is 15.5 Å². The van der Waals surface area contributed by atoms with Crippen LogP contribution in [0.4, 0.5) is 0 Å². The second kappa shape index (κ2) is 6.12. The SMILES string of the molecule is Cc1ccn2cc(C(=O)OC[C@@H]3NC(=O)[C@@H]4CCCN4C3=O)nc2c1C. The van der Waals surface area contributed by atoms with Crippen LogP contribution in [0.1, 0.15) is 34.5 Å². The van der Waals surface area contributed by atoms with Gasteiger partial charge in [-0.15, -0.1) is 0 Å². The molecule has 2 saturated heterocycles. The third-order valence-corrected chi connectivity index (χ3v) is 5.19. The summed E-state index contributed by atoms with van der Waals surface area (Å²) in [4.78, 5) is 42.7. The monoisotopic (exact) mass is 356 g/mol. The Hall–Kier alpha value is -2.90. The zero-order valence-electron chi connectivity index (χ0n) is 14.7. The fourth-order valence-corrected chi connectivity index (χ4v) is 3.56. The number of hydrogen-bond acceptors (Lipinski definition) is 5. The van der Waals surface area contributed by atoms with Gasteiger partial charge in [0.25, 0.3) is 0 Å². The molecule has 0 saturated carbocycles. The largest absolute Gasteiger partial charge is 0.458 e. The van der Waals surface area contributed by atoms with Crippen LogP contribution in [-0.2, 0) is 14.3 Å². The van der Waals surface area contributed by atoms with Gasteiger partial charge in [0.05, 0.1) is 0 Å². The number of aromatic nitrogens is 2. The third-order valence-electron chi connectivity index (χ3n) is 5.19. The third kappa shape index (κ3) is 2.61. The highest BCUT2D eigenvalue weighted by Crippen LogP contribution is 2.22. The van der Waals surface area contributed by atoms with Gasteiger partial charge < -0.3 is 19.4 Å². The molecule has 0 aliphatic carbocycles. The first-order valence-corrected chi connectivity index (χ1v) is 8.68. The van der Waals surface area contributed by atoms with Crippen LogP contribution >= 0.6 is 0 Å². The number of nitrogens with one attached hydrogen (secondary N) is 1. The molecular formula is C18H20N4O4. The first kappa shape index (κ1) is 16.6. The summed E-state index contributed by atoms with van der Waals surface area (Å²) in [6.45, 7) is 4.30. The normalized spacial score (nSPS) is 22.5. The van der Waals surface area contributed by atoms with Crippen molar-refractivity contribution in [3.8, 4) is 0 Å². The van der Waals surface area contributed by atoms with Gasteiger partial charge in [0.1, 0.15) is 24.3 Å². The van der Waals surface area contributed by atoms with Crippen LogP contribution in [0.25, 0.3) is 5.65 Å². The topological polar surface area (TPSA) is 93.0 Å². The number of rotatable bonds is 3. The molecule has 136 valence electrons. The van der Waals surface area contributed by atoms with Gasteiger partial charge in [-0.2, -0.15) is 0 Å². The number of pyridine rings is 1. The highest BCUT2D eigenvalue weighted by atomic mass is 16.5. The van der Waals surface area contributed by atoms with Crippen molar-refractivity contribution in [2.24, 2.45) is 0 Å². The molecule has 2 aliphatic rings. The number of piperazine rings is 1. The van der Waals surface area contributed by atoms with Crippen LogP contribution in [0.2, 0.25) is 0 Å². The molecule has 26 heavy (non-hydrogen) atoms. The lowest BCUT2D eigenvalue weighted by atomic mass is 10.1. The molecule has 1 N–H and O–H groups in total. The molecule has 2 aromatic rings. The first-order valence-electron chi connectivity index (χ1n) is 8.68. The maximum absolute atomic E-state index is 12.4. The van der Waals surface area contributed by atoms with Gasteiger partial charge in [0, 0.05) is 18.9 Å². The van der Waals surface area contributed by atoms with Crippen LogP contribution in [0.5, 0.6) is 0 Å². The van der Waals surface area contributed by atoms with Crippen molar-refractivity contribution in [3.63, 3.8) is 0 Å². The van der Waals surface area contributed by atoms with E-state index >= 15 is 0 Å². The van der Waals surface area contributed by atoms with Gasteiger partial charge in [0.2, 0.25) is 11.8 Å². The van der Waals surface area contributed by atoms with E-state index in [1.165, 1.54) is 0 Å². The second-order valence-electron chi connectivity index (χ2n) is 6.83. The fraction of sp³-hybridized carbons (Fsp3) is 0.444.